The summed E-state index contributed by atoms with van der Waals surface area (Å²) in [7, 11) is 0. The second kappa shape index (κ2) is 5.19. The van der Waals surface area contributed by atoms with E-state index in [2.05, 4.69) is 67.1 Å². The van der Waals surface area contributed by atoms with Crippen molar-refractivity contribution in [3.8, 4) is 0 Å². The van der Waals surface area contributed by atoms with Crippen molar-refractivity contribution in [3.05, 3.63) is 60.2 Å². The second-order valence-corrected chi connectivity index (χ2v) is 8.39. The lowest BCUT2D eigenvalue weighted by Gasteiger charge is -2.39. The molecule has 0 radical (unpaired) electrons. The van der Waals surface area contributed by atoms with Gasteiger partial charge in [0.05, 0.1) is 22.1 Å². The summed E-state index contributed by atoms with van der Waals surface area (Å²) in [5, 5.41) is 0. The Hall–Kier alpha value is -2.62. The summed E-state index contributed by atoms with van der Waals surface area (Å²) >= 11 is 0. The zero-order valence-corrected chi connectivity index (χ0v) is 15.5. The molecule has 4 nitrogen and oxygen atoms in total. The first kappa shape index (κ1) is 15.6. The summed E-state index contributed by atoms with van der Waals surface area (Å²) in [6.07, 6.45) is 2.21. The minimum Gasteiger partial charge on any atom is -0.342 e. The molecule has 1 fully saturated rings. The maximum atomic E-state index is 4.95. The van der Waals surface area contributed by atoms with Crippen LogP contribution < -0.4 is 0 Å². The average molecular weight is 344 g/mol. The largest absolute Gasteiger partial charge is 0.342 e. The highest BCUT2D eigenvalue weighted by atomic mass is 15.0. The summed E-state index contributed by atoms with van der Waals surface area (Å²) in [4.78, 5) is 17.0. The number of para-hydroxylation sites is 4. The maximum absolute atomic E-state index is 4.95. The van der Waals surface area contributed by atoms with Gasteiger partial charge in [0.2, 0.25) is 0 Å². The van der Waals surface area contributed by atoms with Crippen LogP contribution in [-0.2, 0) is 5.41 Å². The van der Waals surface area contributed by atoms with Gasteiger partial charge >= 0.3 is 0 Å². The molecule has 1 saturated carbocycles. The predicted molar refractivity (Wildman–Crippen MR) is 105 cm³/mol. The van der Waals surface area contributed by atoms with Crippen LogP contribution in [0.1, 0.15) is 51.2 Å². The second-order valence-electron chi connectivity index (χ2n) is 8.39. The molecule has 2 N–H and O–H groups in total. The monoisotopic (exact) mass is 344 g/mol. The molecule has 5 rings (SSSR count). The lowest BCUT2D eigenvalue weighted by molar-refractivity contribution is 0.188. The summed E-state index contributed by atoms with van der Waals surface area (Å²) in [5.41, 5.74) is 4.36. The van der Waals surface area contributed by atoms with E-state index >= 15 is 0 Å². The van der Waals surface area contributed by atoms with Gasteiger partial charge in [0.1, 0.15) is 11.6 Å². The summed E-state index contributed by atoms with van der Waals surface area (Å²) in [6.45, 7) is 7.09. The number of rotatable bonds is 2. The number of aromatic nitrogens is 4. The molecule has 2 heterocycles. The predicted octanol–water partition coefficient (Wildman–Crippen LogP) is 5.30. The van der Waals surface area contributed by atoms with E-state index in [1.807, 2.05) is 12.1 Å². The van der Waals surface area contributed by atoms with Crippen LogP contribution in [0.25, 0.3) is 22.1 Å². The molecule has 4 heteroatoms. The Balaban J connectivity index is 1.59. The van der Waals surface area contributed by atoms with Gasteiger partial charge in [-0.15, -0.1) is 0 Å². The van der Waals surface area contributed by atoms with Crippen LogP contribution in [0.2, 0.25) is 0 Å². The normalized spacial score (nSPS) is 25.3. The molecule has 2 aromatic carbocycles. The average Bonchev–Trinajstić information content (AvgIpc) is 3.30. The van der Waals surface area contributed by atoms with E-state index in [9.17, 15) is 0 Å². The fourth-order valence-electron chi connectivity index (χ4n) is 4.75. The summed E-state index contributed by atoms with van der Waals surface area (Å²) in [6, 6.07) is 16.6. The summed E-state index contributed by atoms with van der Waals surface area (Å²) < 4.78 is 0. The van der Waals surface area contributed by atoms with Crippen LogP contribution in [-0.4, -0.2) is 19.9 Å². The third-order valence-electron chi connectivity index (χ3n) is 6.88. The Kier molecular flexibility index (Phi) is 3.12. The number of nitrogens with zero attached hydrogens (tertiary/aromatic N) is 2. The van der Waals surface area contributed by atoms with E-state index in [4.69, 9.17) is 9.97 Å². The molecule has 26 heavy (non-hydrogen) atoms. The van der Waals surface area contributed by atoms with E-state index < -0.39 is 0 Å². The van der Waals surface area contributed by atoms with Gasteiger partial charge in [-0.3, -0.25) is 0 Å². The highest BCUT2D eigenvalue weighted by molar-refractivity contribution is 5.76. The molecule has 0 amide bonds. The number of fused-ring (bicyclic) bond motifs is 2. The van der Waals surface area contributed by atoms with E-state index in [1.165, 1.54) is 0 Å². The molecule has 1 aliphatic carbocycles. The Bertz CT molecular complexity index is 1040. The van der Waals surface area contributed by atoms with Crippen molar-refractivity contribution in [2.75, 3.05) is 0 Å². The highest BCUT2D eigenvalue weighted by Gasteiger charge is 2.55. The van der Waals surface area contributed by atoms with E-state index in [1.54, 1.807) is 0 Å². The highest BCUT2D eigenvalue weighted by Crippen LogP contribution is 2.59. The number of H-pyrrole nitrogens is 2. The lowest BCUT2D eigenvalue weighted by atomic mass is 9.65. The number of hydrogen-bond acceptors (Lipinski definition) is 2. The number of hydrogen-bond donors (Lipinski definition) is 2. The van der Waals surface area contributed by atoms with Crippen molar-refractivity contribution in [1.29, 1.82) is 0 Å². The van der Waals surface area contributed by atoms with Gasteiger partial charge in [0, 0.05) is 11.3 Å². The quantitative estimate of drug-likeness (QED) is 0.518. The van der Waals surface area contributed by atoms with Crippen molar-refractivity contribution in [1.82, 2.24) is 19.9 Å². The first-order valence-electron chi connectivity index (χ1n) is 9.39. The van der Waals surface area contributed by atoms with E-state index in [0.29, 0.717) is 5.92 Å². The smallest absolute Gasteiger partial charge is 0.113 e. The third kappa shape index (κ3) is 2.02. The zero-order valence-electron chi connectivity index (χ0n) is 15.5. The molecule has 1 aliphatic rings. The molecule has 2 atom stereocenters. The molecule has 0 spiro atoms. The Morgan fingerprint density at radius 3 is 2.12 bits per heavy atom. The topological polar surface area (TPSA) is 57.4 Å². The fourth-order valence-corrected chi connectivity index (χ4v) is 4.75. The molecule has 0 saturated heterocycles. The molecule has 4 aromatic rings. The lowest BCUT2D eigenvalue weighted by Crippen LogP contribution is -2.38. The first-order chi connectivity index (χ1) is 12.5. The number of aromatic amines is 2. The van der Waals surface area contributed by atoms with Gasteiger partial charge in [0.25, 0.3) is 0 Å². The standard InChI is InChI=1S/C22H24N4/c1-21(2)14(19-23-15-8-4-5-9-16(15)24-19)12-13-22(21,3)20-25-17-10-6-7-11-18(17)26-20/h4-11,14H,12-13H2,1-3H3,(H,23,24)(H,25,26)/t14-,22+/m1/s1. The Morgan fingerprint density at radius 2 is 1.46 bits per heavy atom. The zero-order chi connectivity index (χ0) is 17.9. The fraction of sp³-hybridized carbons (Fsp3) is 0.364. The SMILES string of the molecule is CC1(C)[C@@H](c2nc3ccccc3[nH]2)CC[C@@]1(C)c1nc2ccccc2[nH]1. The van der Waals surface area contributed by atoms with Crippen LogP contribution in [0, 0.1) is 5.41 Å². The molecular formula is C22H24N4. The maximum Gasteiger partial charge on any atom is 0.113 e. The van der Waals surface area contributed by atoms with Crippen LogP contribution in [0.3, 0.4) is 0 Å². The molecular weight excluding hydrogens is 320 g/mol. The molecule has 132 valence electrons. The minimum atomic E-state index is -0.0182. The van der Waals surface area contributed by atoms with Crippen molar-refractivity contribution in [2.45, 2.75) is 44.9 Å². The summed E-state index contributed by atoms with van der Waals surface area (Å²) in [5.74, 6) is 2.59. The number of nitrogens with one attached hydrogen (secondary N) is 2. The number of benzene rings is 2. The van der Waals surface area contributed by atoms with Crippen molar-refractivity contribution in [2.24, 2.45) is 5.41 Å². The van der Waals surface area contributed by atoms with E-state index in [0.717, 1.165) is 46.6 Å². The number of imidazole rings is 2. The molecule has 0 unspecified atom stereocenters. The van der Waals surface area contributed by atoms with Crippen LogP contribution in [0.15, 0.2) is 48.5 Å². The van der Waals surface area contributed by atoms with Gasteiger partial charge in [0.15, 0.2) is 0 Å². The van der Waals surface area contributed by atoms with Gasteiger partial charge < -0.3 is 9.97 Å². The van der Waals surface area contributed by atoms with E-state index in [-0.39, 0.29) is 10.8 Å². The van der Waals surface area contributed by atoms with Gasteiger partial charge in [-0.2, -0.15) is 0 Å². The van der Waals surface area contributed by atoms with Gasteiger partial charge in [-0.05, 0) is 42.5 Å². The molecule has 0 bridgehead atoms. The molecule has 2 aromatic heterocycles. The first-order valence-corrected chi connectivity index (χ1v) is 9.39. The van der Waals surface area contributed by atoms with Crippen molar-refractivity contribution in [3.63, 3.8) is 0 Å². The Morgan fingerprint density at radius 1 is 0.846 bits per heavy atom. The van der Waals surface area contributed by atoms with Crippen LogP contribution in [0.4, 0.5) is 0 Å². The van der Waals surface area contributed by atoms with Crippen LogP contribution in [0.5, 0.6) is 0 Å². The van der Waals surface area contributed by atoms with Crippen molar-refractivity contribution < 1.29 is 0 Å². The van der Waals surface area contributed by atoms with Crippen LogP contribution >= 0.6 is 0 Å². The third-order valence-corrected chi connectivity index (χ3v) is 6.88. The van der Waals surface area contributed by atoms with Gasteiger partial charge in [-0.25, -0.2) is 9.97 Å². The van der Waals surface area contributed by atoms with Crippen molar-refractivity contribution >= 4 is 22.1 Å². The molecule has 0 aliphatic heterocycles. The van der Waals surface area contributed by atoms with Gasteiger partial charge in [-0.1, -0.05) is 45.0 Å². The minimum absolute atomic E-state index is 0.0182. The Labute approximate surface area is 153 Å².